The summed E-state index contributed by atoms with van der Waals surface area (Å²) in [6, 6.07) is 9.13. The minimum atomic E-state index is -0.736. The number of rotatable bonds is 4. The largest absolute Gasteiger partial charge is 0.497 e. The van der Waals surface area contributed by atoms with Crippen molar-refractivity contribution in [1.29, 1.82) is 0 Å². The molecule has 0 aliphatic rings. The Morgan fingerprint density at radius 1 is 1.37 bits per heavy atom. The van der Waals surface area contributed by atoms with Crippen LogP contribution in [0, 0.1) is 0 Å². The fourth-order valence-corrected chi connectivity index (χ4v) is 1.99. The molecule has 0 aliphatic carbocycles. The first kappa shape index (κ1) is 13.6. The van der Waals surface area contributed by atoms with Crippen molar-refractivity contribution in [3.8, 4) is 5.75 Å². The Balaban J connectivity index is 2.15. The molecule has 4 nitrogen and oxygen atoms in total. The van der Waals surface area contributed by atoms with Crippen LogP contribution < -0.4 is 10.5 Å². The maximum absolute atomic E-state index is 10.2. The Bertz CT molecular complexity index is 558. The number of methoxy groups -OCH3 is 1. The van der Waals surface area contributed by atoms with Crippen LogP contribution in [0.25, 0.3) is 0 Å². The molecule has 100 valence electrons. The molecule has 1 unspecified atom stereocenters. The number of nitrogens with two attached hydrogens (primary N) is 1. The predicted molar refractivity (Wildman–Crippen MR) is 75.3 cm³/mol. The van der Waals surface area contributed by atoms with Crippen molar-refractivity contribution in [3.63, 3.8) is 0 Å². The van der Waals surface area contributed by atoms with Crippen LogP contribution in [0.4, 0.5) is 5.82 Å². The maximum Gasteiger partial charge on any atom is 0.129 e. The normalized spacial score (nSPS) is 12.2. The van der Waals surface area contributed by atoms with Crippen molar-refractivity contribution in [2.75, 3.05) is 12.8 Å². The number of aromatic nitrogens is 1. The second-order valence-corrected chi connectivity index (χ2v) is 4.63. The van der Waals surface area contributed by atoms with Gasteiger partial charge in [0.1, 0.15) is 11.6 Å². The average molecular weight is 279 g/mol. The van der Waals surface area contributed by atoms with Crippen molar-refractivity contribution in [1.82, 2.24) is 4.98 Å². The van der Waals surface area contributed by atoms with E-state index in [1.54, 1.807) is 13.2 Å². The van der Waals surface area contributed by atoms with Crippen LogP contribution >= 0.6 is 11.6 Å². The summed E-state index contributed by atoms with van der Waals surface area (Å²) < 4.78 is 5.08. The van der Waals surface area contributed by atoms with Gasteiger partial charge in [0.15, 0.2) is 0 Å². The Labute approximate surface area is 116 Å². The lowest BCUT2D eigenvalue weighted by molar-refractivity contribution is 0.179. The zero-order valence-corrected chi connectivity index (χ0v) is 11.3. The molecule has 0 radical (unpaired) electrons. The summed E-state index contributed by atoms with van der Waals surface area (Å²) in [4.78, 5) is 3.93. The van der Waals surface area contributed by atoms with Crippen LogP contribution in [-0.2, 0) is 6.42 Å². The molecular formula is C14H15ClN2O2. The number of nitrogens with zero attached hydrogens (tertiary/aromatic N) is 1. The van der Waals surface area contributed by atoms with Gasteiger partial charge in [-0.15, -0.1) is 0 Å². The van der Waals surface area contributed by atoms with E-state index in [0.29, 0.717) is 22.8 Å². The number of pyridine rings is 1. The molecule has 19 heavy (non-hydrogen) atoms. The molecule has 0 bridgehead atoms. The number of aliphatic hydroxyl groups excluding tert-OH is 1. The van der Waals surface area contributed by atoms with Crippen LogP contribution in [0.2, 0.25) is 5.02 Å². The molecule has 3 N–H and O–H groups in total. The number of ether oxygens (including phenoxy) is 1. The van der Waals surface area contributed by atoms with Gasteiger partial charge in [0.25, 0.3) is 0 Å². The van der Waals surface area contributed by atoms with Crippen LogP contribution in [0.3, 0.4) is 0 Å². The summed E-state index contributed by atoms with van der Waals surface area (Å²) in [6.45, 7) is 0. The molecule has 0 aliphatic heterocycles. The zero-order chi connectivity index (χ0) is 13.8. The number of hydrogen-bond acceptors (Lipinski definition) is 4. The first-order valence-electron chi connectivity index (χ1n) is 5.82. The topological polar surface area (TPSA) is 68.4 Å². The minimum absolute atomic E-state index is 0.297. The number of hydrogen-bond donors (Lipinski definition) is 2. The van der Waals surface area contributed by atoms with Gasteiger partial charge in [-0.3, -0.25) is 0 Å². The highest BCUT2D eigenvalue weighted by atomic mass is 35.5. The van der Waals surface area contributed by atoms with Gasteiger partial charge in [-0.1, -0.05) is 23.7 Å². The van der Waals surface area contributed by atoms with E-state index in [2.05, 4.69) is 4.98 Å². The van der Waals surface area contributed by atoms with E-state index in [-0.39, 0.29) is 0 Å². The fraction of sp³-hybridized carbons (Fsp3) is 0.214. The molecule has 2 aromatic rings. The summed E-state index contributed by atoms with van der Waals surface area (Å²) >= 11 is 5.86. The van der Waals surface area contributed by atoms with E-state index in [9.17, 15) is 5.11 Å². The van der Waals surface area contributed by atoms with Gasteiger partial charge in [-0.2, -0.15) is 0 Å². The van der Waals surface area contributed by atoms with Crippen molar-refractivity contribution < 1.29 is 9.84 Å². The molecule has 1 aromatic carbocycles. The highest BCUT2D eigenvalue weighted by molar-refractivity contribution is 6.30. The Kier molecular flexibility index (Phi) is 4.24. The van der Waals surface area contributed by atoms with Gasteiger partial charge in [-0.25, -0.2) is 4.98 Å². The zero-order valence-electron chi connectivity index (χ0n) is 10.5. The Morgan fingerprint density at radius 2 is 2.05 bits per heavy atom. The lowest BCUT2D eigenvalue weighted by atomic mass is 10.0. The standard InChI is InChI=1S/C14H15ClN2O2/c1-19-11-4-2-9(3-5-11)6-13(18)12-7-10(15)8-17-14(12)16/h2-5,7-8,13,18H,6H2,1H3,(H2,16,17). The van der Waals surface area contributed by atoms with Crippen LogP contribution in [0.1, 0.15) is 17.2 Å². The van der Waals surface area contributed by atoms with Gasteiger partial charge >= 0.3 is 0 Å². The van der Waals surface area contributed by atoms with Crippen molar-refractivity contribution in [2.24, 2.45) is 0 Å². The molecule has 2 rings (SSSR count). The maximum atomic E-state index is 10.2. The first-order chi connectivity index (χ1) is 9.10. The van der Waals surface area contributed by atoms with Crippen LogP contribution in [0.5, 0.6) is 5.75 Å². The minimum Gasteiger partial charge on any atom is -0.497 e. The van der Waals surface area contributed by atoms with Crippen molar-refractivity contribution >= 4 is 17.4 Å². The quantitative estimate of drug-likeness (QED) is 0.902. The van der Waals surface area contributed by atoms with E-state index in [0.717, 1.165) is 11.3 Å². The number of aliphatic hydroxyl groups is 1. The average Bonchev–Trinajstić information content (AvgIpc) is 2.42. The number of benzene rings is 1. The SMILES string of the molecule is COc1ccc(CC(O)c2cc(Cl)cnc2N)cc1. The van der Waals surface area contributed by atoms with E-state index in [1.165, 1.54) is 6.20 Å². The van der Waals surface area contributed by atoms with Crippen LogP contribution in [0.15, 0.2) is 36.5 Å². The summed E-state index contributed by atoms with van der Waals surface area (Å²) in [6.07, 6.45) is 1.16. The monoisotopic (exact) mass is 278 g/mol. The Hall–Kier alpha value is -1.78. The molecule has 1 atom stereocenters. The van der Waals surface area contributed by atoms with Gasteiger partial charge in [-0.05, 0) is 23.8 Å². The molecular weight excluding hydrogens is 264 g/mol. The van der Waals surface area contributed by atoms with Gasteiger partial charge in [0.2, 0.25) is 0 Å². The molecule has 1 heterocycles. The summed E-state index contributed by atoms with van der Waals surface area (Å²) in [5.74, 6) is 1.08. The molecule has 0 amide bonds. The van der Waals surface area contributed by atoms with E-state index in [1.807, 2.05) is 24.3 Å². The van der Waals surface area contributed by atoms with E-state index < -0.39 is 6.10 Å². The fourth-order valence-electron chi connectivity index (χ4n) is 1.83. The number of nitrogen functional groups attached to an aromatic ring is 1. The summed E-state index contributed by atoms with van der Waals surface area (Å²) in [7, 11) is 1.61. The number of halogens is 1. The molecule has 0 spiro atoms. The highest BCUT2D eigenvalue weighted by Crippen LogP contribution is 2.25. The first-order valence-corrected chi connectivity index (χ1v) is 6.20. The predicted octanol–water partition coefficient (Wildman–Crippen LogP) is 2.60. The molecule has 0 saturated heterocycles. The van der Waals surface area contributed by atoms with E-state index >= 15 is 0 Å². The van der Waals surface area contributed by atoms with Gasteiger partial charge in [0.05, 0.1) is 18.2 Å². The second kappa shape index (κ2) is 5.91. The smallest absolute Gasteiger partial charge is 0.129 e. The van der Waals surface area contributed by atoms with Crippen LogP contribution in [-0.4, -0.2) is 17.2 Å². The second-order valence-electron chi connectivity index (χ2n) is 4.20. The van der Waals surface area contributed by atoms with E-state index in [4.69, 9.17) is 22.1 Å². The van der Waals surface area contributed by atoms with Gasteiger partial charge in [0, 0.05) is 18.2 Å². The highest BCUT2D eigenvalue weighted by Gasteiger charge is 2.13. The third-order valence-electron chi connectivity index (χ3n) is 2.86. The number of anilines is 1. The third-order valence-corrected chi connectivity index (χ3v) is 3.07. The lowest BCUT2D eigenvalue weighted by Crippen LogP contribution is -2.06. The molecule has 0 fully saturated rings. The molecule has 5 heteroatoms. The van der Waals surface area contributed by atoms with Gasteiger partial charge < -0.3 is 15.6 Å². The van der Waals surface area contributed by atoms with Crippen molar-refractivity contribution in [2.45, 2.75) is 12.5 Å². The summed E-state index contributed by atoms with van der Waals surface area (Å²) in [5, 5.41) is 10.7. The Morgan fingerprint density at radius 3 is 2.68 bits per heavy atom. The molecule has 1 aromatic heterocycles. The summed E-state index contributed by atoms with van der Waals surface area (Å²) in [5.41, 5.74) is 7.26. The van der Waals surface area contributed by atoms with Crippen molar-refractivity contribution in [3.05, 3.63) is 52.7 Å². The molecule has 0 saturated carbocycles. The third kappa shape index (κ3) is 3.36. The lowest BCUT2D eigenvalue weighted by Gasteiger charge is -2.13.